The highest BCUT2D eigenvalue weighted by Crippen LogP contribution is 2.44. The number of fused-ring (bicyclic) bond motifs is 2. The van der Waals surface area contributed by atoms with Crippen LogP contribution in [-0.4, -0.2) is 34.7 Å². The molecule has 0 bridgehead atoms. The number of piperidine rings is 2. The van der Waals surface area contributed by atoms with Gasteiger partial charge >= 0.3 is 0 Å². The van der Waals surface area contributed by atoms with Crippen LogP contribution in [0.4, 0.5) is 0 Å². The fourth-order valence-electron chi connectivity index (χ4n) is 7.98. The minimum Gasteiger partial charge on any atom is -0.308 e. The van der Waals surface area contributed by atoms with Crippen molar-refractivity contribution in [3.05, 3.63) is 0 Å². The van der Waals surface area contributed by atoms with Crippen LogP contribution in [0.2, 0.25) is 0 Å². The molecule has 2 aliphatic heterocycles. The molecule has 31 heavy (non-hydrogen) atoms. The Morgan fingerprint density at radius 1 is 0.677 bits per heavy atom. The van der Waals surface area contributed by atoms with Crippen LogP contribution < -0.4 is 10.6 Å². The zero-order chi connectivity index (χ0) is 21.9. The first-order valence-electron chi connectivity index (χ1n) is 14.1. The molecule has 0 aromatic carbocycles. The van der Waals surface area contributed by atoms with Crippen molar-refractivity contribution in [1.82, 2.24) is 10.6 Å². The predicted octanol–water partition coefficient (Wildman–Crippen LogP) is 7.17. The Morgan fingerprint density at radius 2 is 1.10 bits per heavy atom. The monoisotopic (exact) mass is 448 g/mol. The van der Waals surface area contributed by atoms with Crippen molar-refractivity contribution in [3.8, 4) is 0 Å². The van der Waals surface area contributed by atoms with Gasteiger partial charge in [0.25, 0.3) is 0 Å². The molecule has 3 heteroatoms. The van der Waals surface area contributed by atoms with E-state index in [1.165, 1.54) is 101 Å². The summed E-state index contributed by atoms with van der Waals surface area (Å²) in [5, 5.41) is 8.17. The SMILES string of the molecule is CCC1(C)CC(CCSCCC2CC(C)(CC)NC3CCCCC23)C2CCCCC2N1. The zero-order valence-corrected chi connectivity index (χ0v) is 22.0. The summed E-state index contributed by atoms with van der Waals surface area (Å²) in [4.78, 5) is 0. The van der Waals surface area contributed by atoms with Crippen LogP contribution in [0.25, 0.3) is 0 Å². The van der Waals surface area contributed by atoms with E-state index >= 15 is 0 Å². The Kier molecular flexibility index (Phi) is 8.41. The number of hydrogen-bond donors (Lipinski definition) is 2. The molecule has 4 aliphatic rings. The Hall–Kier alpha value is 0.270. The average molecular weight is 449 g/mol. The molecule has 2 saturated heterocycles. The summed E-state index contributed by atoms with van der Waals surface area (Å²) in [6.45, 7) is 9.79. The molecule has 0 aromatic rings. The summed E-state index contributed by atoms with van der Waals surface area (Å²) in [6.07, 6.45) is 20.0. The lowest BCUT2D eigenvalue weighted by Crippen LogP contribution is -2.59. The number of thioether (sulfide) groups is 1. The van der Waals surface area contributed by atoms with Crippen LogP contribution in [0.5, 0.6) is 0 Å². The fourth-order valence-corrected chi connectivity index (χ4v) is 9.12. The van der Waals surface area contributed by atoms with Gasteiger partial charge in [0.1, 0.15) is 0 Å². The van der Waals surface area contributed by atoms with Crippen LogP contribution in [0, 0.1) is 23.7 Å². The maximum absolute atomic E-state index is 4.08. The molecule has 8 unspecified atom stereocenters. The van der Waals surface area contributed by atoms with E-state index in [2.05, 4.69) is 50.1 Å². The normalized spacial score (nSPS) is 45.7. The smallest absolute Gasteiger partial charge is 0.0156 e. The molecule has 4 rings (SSSR count). The Morgan fingerprint density at radius 3 is 1.52 bits per heavy atom. The van der Waals surface area contributed by atoms with E-state index in [1.807, 2.05) is 0 Å². The van der Waals surface area contributed by atoms with Crippen LogP contribution in [0.3, 0.4) is 0 Å². The van der Waals surface area contributed by atoms with E-state index in [1.54, 1.807) is 0 Å². The van der Waals surface area contributed by atoms with Crippen molar-refractivity contribution in [2.24, 2.45) is 23.7 Å². The fraction of sp³-hybridized carbons (Fsp3) is 1.00. The lowest BCUT2D eigenvalue weighted by molar-refractivity contribution is 0.0613. The molecular formula is C28H52N2S. The molecule has 0 radical (unpaired) electrons. The van der Waals surface area contributed by atoms with E-state index in [-0.39, 0.29) is 0 Å². The lowest BCUT2D eigenvalue weighted by Gasteiger charge is -2.51. The van der Waals surface area contributed by atoms with Crippen LogP contribution in [0.15, 0.2) is 0 Å². The maximum atomic E-state index is 4.08. The van der Waals surface area contributed by atoms with Gasteiger partial charge in [0.15, 0.2) is 0 Å². The molecule has 4 fully saturated rings. The largest absolute Gasteiger partial charge is 0.308 e. The molecule has 0 amide bonds. The van der Waals surface area contributed by atoms with Gasteiger partial charge in [0, 0.05) is 23.2 Å². The molecule has 0 spiro atoms. The molecule has 2 N–H and O–H groups in total. The minimum atomic E-state index is 0.392. The van der Waals surface area contributed by atoms with E-state index in [9.17, 15) is 0 Å². The van der Waals surface area contributed by atoms with E-state index in [4.69, 9.17) is 0 Å². The highest BCUT2D eigenvalue weighted by Gasteiger charge is 2.44. The second-order valence-electron chi connectivity index (χ2n) is 12.3. The third kappa shape index (κ3) is 5.86. The Labute approximate surface area is 198 Å². The van der Waals surface area contributed by atoms with Crippen molar-refractivity contribution in [1.29, 1.82) is 0 Å². The van der Waals surface area contributed by atoms with Gasteiger partial charge in [-0.2, -0.15) is 11.8 Å². The molecule has 2 nitrogen and oxygen atoms in total. The average Bonchev–Trinajstić information content (AvgIpc) is 2.78. The van der Waals surface area contributed by atoms with Gasteiger partial charge in [0.2, 0.25) is 0 Å². The van der Waals surface area contributed by atoms with Crippen molar-refractivity contribution >= 4 is 11.8 Å². The molecule has 2 aliphatic carbocycles. The summed E-state index contributed by atoms with van der Waals surface area (Å²) in [5.41, 5.74) is 0.785. The Balaban J connectivity index is 1.25. The third-order valence-corrected chi connectivity index (χ3v) is 11.2. The van der Waals surface area contributed by atoms with Crippen molar-refractivity contribution in [2.45, 2.75) is 141 Å². The van der Waals surface area contributed by atoms with Crippen molar-refractivity contribution < 1.29 is 0 Å². The number of hydrogen-bond acceptors (Lipinski definition) is 3. The van der Waals surface area contributed by atoms with Crippen molar-refractivity contribution in [3.63, 3.8) is 0 Å². The predicted molar refractivity (Wildman–Crippen MR) is 138 cm³/mol. The van der Waals surface area contributed by atoms with Gasteiger partial charge in [-0.25, -0.2) is 0 Å². The Bertz CT molecular complexity index is 519. The summed E-state index contributed by atoms with van der Waals surface area (Å²) in [5.74, 6) is 6.66. The summed E-state index contributed by atoms with van der Waals surface area (Å²) in [6, 6.07) is 1.62. The number of rotatable bonds is 8. The first-order chi connectivity index (χ1) is 15.0. The van der Waals surface area contributed by atoms with Crippen LogP contribution in [-0.2, 0) is 0 Å². The zero-order valence-electron chi connectivity index (χ0n) is 21.2. The van der Waals surface area contributed by atoms with Gasteiger partial charge in [-0.15, -0.1) is 0 Å². The quantitative estimate of drug-likeness (QED) is 0.385. The summed E-state index contributed by atoms with van der Waals surface area (Å²) in [7, 11) is 0. The third-order valence-electron chi connectivity index (χ3n) is 10.2. The molecule has 2 saturated carbocycles. The van der Waals surface area contributed by atoms with Gasteiger partial charge in [0.05, 0.1) is 0 Å². The first-order valence-corrected chi connectivity index (χ1v) is 15.2. The standard InChI is InChI=1S/C28H52N2S/c1-5-27(3)19-21(23-11-7-9-13-25(23)29-27)15-17-31-18-16-22-20-28(4,6-2)30-26-14-10-8-12-24(22)26/h21-26,29-30H,5-20H2,1-4H3. The van der Waals surface area contributed by atoms with Gasteiger partial charge in [-0.3, -0.25) is 0 Å². The maximum Gasteiger partial charge on any atom is 0.0156 e. The number of nitrogens with one attached hydrogen (secondary N) is 2. The molecular weight excluding hydrogens is 396 g/mol. The van der Waals surface area contributed by atoms with E-state index in [0.717, 1.165) is 35.8 Å². The van der Waals surface area contributed by atoms with E-state index < -0.39 is 0 Å². The minimum absolute atomic E-state index is 0.392. The van der Waals surface area contributed by atoms with E-state index in [0.29, 0.717) is 11.1 Å². The van der Waals surface area contributed by atoms with Crippen LogP contribution in [0.1, 0.15) is 118 Å². The van der Waals surface area contributed by atoms with Gasteiger partial charge in [-0.1, -0.05) is 39.5 Å². The second kappa shape index (κ2) is 10.7. The topological polar surface area (TPSA) is 24.1 Å². The lowest BCUT2D eigenvalue weighted by atomic mass is 9.66. The second-order valence-corrected chi connectivity index (χ2v) is 13.6. The first kappa shape index (κ1) is 24.4. The van der Waals surface area contributed by atoms with Gasteiger partial charge < -0.3 is 10.6 Å². The van der Waals surface area contributed by atoms with Crippen LogP contribution >= 0.6 is 11.8 Å². The summed E-state index contributed by atoms with van der Waals surface area (Å²) >= 11 is 2.29. The highest BCUT2D eigenvalue weighted by molar-refractivity contribution is 7.99. The molecule has 180 valence electrons. The molecule has 8 atom stereocenters. The molecule has 2 heterocycles. The highest BCUT2D eigenvalue weighted by atomic mass is 32.2. The van der Waals surface area contributed by atoms with Gasteiger partial charge in [-0.05, 0) is 113 Å². The summed E-state index contributed by atoms with van der Waals surface area (Å²) < 4.78 is 0. The van der Waals surface area contributed by atoms with Crippen molar-refractivity contribution in [2.75, 3.05) is 11.5 Å². The molecule has 0 aromatic heterocycles.